The molecule has 1 saturated heterocycles. The van der Waals surface area contributed by atoms with E-state index < -0.39 is 5.60 Å². The summed E-state index contributed by atoms with van der Waals surface area (Å²) in [5.41, 5.74) is -0.486. The molecule has 1 heterocycles. The van der Waals surface area contributed by atoms with Gasteiger partial charge in [-0.1, -0.05) is 11.6 Å². The minimum absolute atomic E-state index is 0.161. The third-order valence-corrected chi connectivity index (χ3v) is 4.27. The lowest BCUT2D eigenvalue weighted by molar-refractivity contribution is -0.0326. The molecule has 2 rings (SSSR count). The summed E-state index contributed by atoms with van der Waals surface area (Å²) in [7, 11) is 1.69. The number of rotatable bonds is 8. The van der Waals surface area contributed by atoms with Crippen molar-refractivity contribution in [1.82, 2.24) is 10.2 Å². The first-order chi connectivity index (χ1) is 12.3. The number of alkyl carbamates (subject to hydrolysis) is 1. The second-order valence-electron chi connectivity index (χ2n) is 7.47. The fourth-order valence-electron chi connectivity index (χ4n) is 2.77. The predicted molar refractivity (Wildman–Crippen MR) is 102 cm³/mol. The number of hydrogen-bond acceptors (Lipinski definition) is 5. The lowest BCUT2D eigenvalue weighted by Crippen LogP contribution is -2.59. The van der Waals surface area contributed by atoms with Crippen molar-refractivity contribution >= 4 is 17.7 Å². The minimum atomic E-state index is -0.486. The molecule has 0 bridgehead atoms. The molecule has 1 fully saturated rings. The van der Waals surface area contributed by atoms with Crippen molar-refractivity contribution in [3.8, 4) is 5.75 Å². The Morgan fingerprint density at radius 2 is 1.96 bits per heavy atom. The Balaban J connectivity index is 1.71. The van der Waals surface area contributed by atoms with Crippen LogP contribution in [0.3, 0.4) is 0 Å². The Bertz CT molecular complexity index is 568. The standard InChI is InChI=1S/C19H29ClN2O4/c1-19(2,3)26-18(23)21-10-9-15(13-24-4)22-11-17(12-22)25-16-7-5-14(20)6-8-16/h5-8,15,17H,9-13H2,1-4H3,(H,21,23)/t15-/m0/s1. The van der Waals surface area contributed by atoms with E-state index in [-0.39, 0.29) is 18.2 Å². The van der Waals surface area contributed by atoms with Gasteiger partial charge in [0.1, 0.15) is 17.5 Å². The van der Waals surface area contributed by atoms with Gasteiger partial charge in [-0.3, -0.25) is 4.90 Å². The number of amides is 1. The molecule has 0 radical (unpaired) electrons. The Labute approximate surface area is 160 Å². The lowest BCUT2D eigenvalue weighted by Gasteiger charge is -2.43. The molecule has 0 aliphatic carbocycles. The summed E-state index contributed by atoms with van der Waals surface area (Å²) in [5, 5.41) is 3.50. The Hall–Kier alpha value is -1.50. The van der Waals surface area contributed by atoms with Gasteiger partial charge < -0.3 is 19.5 Å². The van der Waals surface area contributed by atoms with Crippen LogP contribution >= 0.6 is 11.6 Å². The maximum atomic E-state index is 11.7. The highest BCUT2D eigenvalue weighted by Gasteiger charge is 2.33. The fraction of sp³-hybridized carbons (Fsp3) is 0.632. The molecule has 1 amide bonds. The van der Waals surface area contributed by atoms with Crippen LogP contribution in [0.15, 0.2) is 24.3 Å². The number of nitrogens with zero attached hydrogens (tertiary/aromatic N) is 1. The fourth-order valence-corrected chi connectivity index (χ4v) is 2.89. The number of methoxy groups -OCH3 is 1. The van der Waals surface area contributed by atoms with E-state index in [1.165, 1.54) is 0 Å². The molecular weight excluding hydrogens is 356 g/mol. The van der Waals surface area contributed by atoms with Crippen LogP contribution in [0.4, 0.5) is 4.79 Å². The van der Waals surface area contributed by atoms with Crippen LogP contribution in [-0.4, -0.2) is 62.1 Å². The van der Waals surface area contributed by atoms with Crippen LogP contribution in [0.5, 0.6) is 5.75 Å². The summed E-state index contributed by atoms with van der Waals surface area (Å²) in [4.78, 5) is 14.0. The number of likely N-dealkylation sites (tertiary alicyclic amines) is 1. The summed E-state index contributed by atoms with van der Waals surface area (Å²) >= 11 is 5.89. The molecule has 146 valence electrons. The SMILES string of the molecule is COC[C@H](CCNC(=O)OC(C)(C)C)N1CC(Oc2ccc(Cl)cc2)C1. The van der Waals surface area contributed by atoms with Gasteiger partial charge in [0.2, 0.25) is 0 Å². The van der Waals surface area contributed by atoms with E-state index in [9.17, 15) is 4.79 Å². The average molecular weight is 385 g/mol. The zero-order valence-electron chi connectivity index (χ0n) is 16.0. The number of benzene rings is 1. The summed E-state index contributed by atoms with van der Waals surface area (Å²) in [6.07, 6.45) is 0.566. The maximum Gasteiger partial charge on any atom is 0.407 e. The Morgan fingerprint density at radius 1 is 1.31 bits per heavy atom. The van der Waals surface area contributed by atoms with Crippen LogP contribution in [0, 0.1) is 0 Å². The molecular formula is C19H29ClN2O4. The van der Waals surface area contributed by atoms with E-state index in [4.69, 9.17) is 25.8 Å². The highest BCUT2D eigenvalue weighted by molar-refractivity contribution is 6.30. The minimum Gasteiger partial charge on any atom is -0.488 e. The molecule has 1 N–H and O–H groups in total. The van der Waals surface area contributed by atoms with Gasteiger partial charge in [0.25, 0.3) is 0 Å². The van der Waals surface area contributed by atoms with E-state index in [0.717, 1.165) is 25.3 Å². The lowest BCUT2D eigenvalue weighted by atomic mass is 10.1. The van der Waals surface area contributed by atoms with E-state index >= 15 is 0 Å². The zero-order chi connectivity index (χ0) is 19.2. The van der Waals surface area contributed by atoms with Gasteiger partial charge in [-0.15, -0.1) is 0 Å². The molecule has 1 aromatic carbocycles. The number of ether oxygens (including phenoxy) is 3. The third kappa shape index (κ3) is 7.02. The molecule has 7 heteroatoms. The van der Waals surface area contributed by atoms with Gasteiger partial charge >= 0.3 is 6.09 Å². The van der Waals surface area contributed by atoms with Crippen molar-refractivity contribution in [3.63, 3.8) is 0 Å². The predicted octanol–water partition coefficient (Wildman–Crippen LogP) is 3.33. The molecule has 0 spiro atoms. The topological polar surface area (TPSA) is 60.0 Å². The number of halogens is 1. The highest BCUT2D eigenvalue weighted by atomic mass is 35.5. The zero-order valence-corrected chi connectivity index (χ0v) is 16.7. The number of nitrogens with one attached hydrogen (secondary N) is 1. The number of carbonyl (C=O) groups is 1. The summed E-state index contributed by atoms with van der Waals surface area (Å²) in [6, 6.07) is 7.64. The molecule has 0 aromatic heterocycles. The van der Waals surface area contributed by atoms with Crippen molar-refractivity contribution in [2.75, 3.05) is 33.4 Å². The van der Waals surface area contributed by atoms with Crippen molar-refractivity contribution in [2.45, 2.75) is 44.9 Å². The molecule has 1 aromatic rings. The molecule has 26 heavy (non-hydrogen) atoms. The van der Waals surface area contributed by atoms with E-state index in [1.807, 2.05) is 45.0 Å². The maximum absolute atomic E-state index is 11.7. The van der Waals surface area contributed by atoms with Gasteiger partial charge in [-0.05, 0) is 51.5 Å². The van der Waals surface area contributed by atoms with Crippen LogP contribution in [0.1, 0.15) is 27.2 Å². The van der Waals surface area contributed by atoms with Crippen LogP contribution in [0.2, 0.25) is 5.02 Å². The third-order valence-electron chi connectivity index (χ3n) is 4.01. The van der Waals surface area contributed by atoms with Crippen molar-refractivity contribution in [3.05, 3.63) is 29.3 Å². The highest BCUT2D eigenvalue weighted by Crippen LogP contribution is 2.22. The van der Waals surface area contributed by atoms with E-state index in [2.05, 4.69) is 10.2 Å². The first-order valence-electron chi connectivity index (χ1n) is 8.89. The Morgan fingerprint density at radius 3 is 2.54 bits per heavy atom. The van der Waals surface area contributed by atoms with Gasteiger partial charge in [0.15, 0.2) is 0 Å². The largest absolute Gasteiger partial charge is 0.488 e. The van der Waals surface area contributed by atoms with Crippen LogP contribution < -0.4 is 10.1 Å². The van der Waals surface area contributed by atoms with Crippen LogP contribution in [-0.2, 0) is 9.47 Å². The number of hydrogen-bond donors (Lipinski definition) is 1. The van der Waals surface area contributed by atoms with E-state index in [1.54, 1.807) is 7.11 Å². The first-order valence-corrected chi connectivity index (χ1v) is 9.26. The number of carbonyl (C=O) groups excluding carboxylic acids is 1. The van der Waals surface area contributed by atoms with Crippen molar-refractivity contribution in [1.29, 1.82) is 0 Å². The summed E-state index contributed by atoms with van der Waals surface area (Å²) in [6.45, 7) is 8.38. The smallest absolute Gasteiger partial charge is 0.407 e. The Kier molecular flexibility index (Phi) is 7.55. The molecule has 1 aliphatic heterocycles. The van der Waals surface area contributed by atoms with Crippen molar-refractivity contribution in [2.24, 2.45) is 0 Å². The summed E-state index contributed by atoms with van der Waals surface area (Å²) < 4.78 is 16.5. The first kappa shape index (κ1) is 20.8. The monoisotopic (exact) mass is 384 g/mol. The average Bonchev–Trinajstić information content (AvgIpc) is 2.50. The van der Waals surface area contributed by atoms with Gasteiger partial charge in [0.05, 0.1) is 6.61 Å². The quantitative estimate of drug-likeness (QED) is 0.744. The molecule has 1 atom stereocenters. The molecule has 1 aliphatic rings. The van der Waals surface area contributed by atoms with Gasteiger partial charge in [-0.2, -0.15) is 0 Å². The molecule has 0 saturated carbocycles. The normalized spacial score (nSPS) is 16.7. The van der Waals surface area contributed by atoms with Crippen molar-refractivity contribution < 1.29 is 19.0 Å². The molecule has 0 unspecified atom stereocenters. The second-order valence-corrected chi connectivity index (χ2v) is 7.91. The van der Waals surface area contributed by atoms with Crippen LogP contribution in [0.25, 0.3) is 0 Å². The molecule has 6 nitrogen and oxygen atoms in total. The van der Waals surface area contributed by atoms with Gasteiger partial charge in [0, 0.05) is 37.8 Å². The van der Waals surface area contributed by atoms with Gasteiger partial charge in [-0.25, -0.2) is 4.79 Å². The summed E-state index contributed by atoms with van der Waals surface area (Å²) in [5.74, 6) is 0.828. The van der Waals surface area contributed by atoms with E-state index in [0.29, 0.717) is 18.2 Å². The second kappa shape index (κ2) is 9.44.